The molecule has 1 heterocycles. The lowest BCUT2D eigenvalue weighted by Gasteiger charge is -2.10. The third-order valence-corrected chi connectivity index (χ3v) is 4.31. The maximum absolute atomic E-state index is 12.6. The Balaban J connectivity index is 1.72. The van der Waals surface area contributed by atoms with Crippen molar-refractivity contribution in [3.05, 3.63) is 88.7 Å². The van der Waals surface area contributed by atoms with Gasteiger partial charge in [0.05, 0.1) is 34.6 Å². The molecule has 1 aromatic heterocycles. The van der Waals surface area contributed by atoms with E-state index < -0.39 is 5.97 Å². The minimum atomic E-state index is -0.513. The van der Waals surface area contributed by atoms with E-state index >= 15 is 0 Å². The fourth-order valence-electron chi connectivity index (χ4n) is 2.52. The first-order valence-corrected chi connectivity index (χ1v) is 8.86. The standard InChI is InChI=1S/C21H18ClN3O3/c1-28-21(27)15-7-8-18(22)19(10-15)25-20(26)16-9-17(13-23-12-16)24-11-14-5-3-2-4-6-14/h2-10,12-13,24H,11H2,1H3,(H,25,26). The Hall–Kier alpha value is -3.38. The van der Waals surface area contributed by atoms with Crippen molar-refractivity contribution in [2.24, 2.45) is 0 Å². The van der Waals surface area contributed by atoms with Gasteiger partial charge in [-0.15, -0.1) is 0 Å². The summed E-state index contributed by atoms with van der Waals surface area (Å²) in [6.45, 7) is 0.612. The van der Waals surface area contributed by atoms with Crippen molar-refractivity contribution in [2.45, 2.75) is 6.54 Å². The number of rotatable bonds is 6. The zero-order valence-corrected chi connectivity index (χ0v) is 15.9. The van der Waals surface area contributed by atoms with Crippen LogP contribution in [0.1, 0.15) is 26.3 Å². The van der Waals surface area contributed by atoms with Gasteiger partial charge in [-0.3, -0.25) is 9.78 Å². The number of hydrogen-bond acceptors (Lipinski definition) is 5. The van der Waals surface area contributed by atoms with Crippen LogP contribution in [0.3, 0.4) is 0 Å². The molecule has 0 unspecified atom stereocenters. The van der Waals surface area contributed by atoms with Gasteiger partial charge in [-0.05, 0) is 29.8 Å². The SMILES string of the molecule is COC(=O)c1ccc(Cl)c(NC(=O)c2cncc(NCc3ccccc3)c2)c1. The summed E-state index contributed by atoms with van der Waals surface area (Å²) in [4.78, 5) is 28.4. The predicted octanol–water partition coefficient (Wildman–Crippen LogP) is 4.39. The van der Waals surface area contributed by atoms with Gasteiger partial charge in [0.15, 0.2) is 0 Å². The minimum Gasteiger partial charge on any atom is -0.465 e. The summed E-state index contributed by atoms with van der Waals surface area (Å²) in [6.07, 6.45) is 3.10. The molecule has 0 saturated carbocycles. The number of carbonyl (C=O) groups excluding carboxylic acids is 2. The lowest BCUT2D eigenvalue weighted by atomic mass is 10.2. The largest absolute Gasteiger partial charge is 0.465 e. The highest BCUT2D eigenvalue weighted by molar-refractivity contribution is 6.34. The van der Waals surface area contributed by atoms with E-state index in [-0.39, 0.29) is 5.91 Å². The van der Waals surface area contributed by atoms with Gasteiger partial charge in [-0.1, -0.05) is 41.9 Å². The molecule has 0 atom stereocenters. The molecule has 0 bridgehead atoms. The first-order chi connectivity index (χ1) is 13.6. The number of hydrogen-bond donors (Lipinski definition) is 2. The molecule has 0 aliphatic carbocycles. The van der Waals surface area contributed by atoms with Gasteiger partial charge >= 0.3 is 5.97 Å². The highest BCUT2D eigenvalue weighted by atomic mass is 35.5. The predicted molar refractivity (Wildman–Crippen MR) is 109 cm³/mol. The van der Waals surface area contributed by atoms with Crippen LogP contribution in [0.25, 0.3) is 0 Å². The Labute approximate surface area is 167 Å². The average Bonchev–Trinajstić information content (AvgIpc) is 2.74. The van der Waals surface area contributed by atoms with Crippen molar-refractivity contribution < 1.29 is 14.3 Å². The van der Waals surface area contributed by atoms with Crippen molar-refractivity contribution >= 4 is 34.9 Å². The van der Waals surface area contributed by atoms with Crippen LogP contribution in [0.4, 0.5) is 11.4 Å². The quantitative estimate of drug-likeness (QED) is 0.605. The van der Waals surface area contributed by atoms with E-state index in [9.17, 15) is 9.59 Å². The molecule has 3 rings (SSSR count). The average molecular weight is 396 g/mol. The molecule has 0 saturated heterocycles. The molecule has 2 N–H and O–H groups in total. The number of aromatic nitrogens is 1. The summed E-state index contributed by atoms with van der Waals surface area (Å²) in [5.74, 6) is -0.902. The number of methoxy groups -OCH3 is 1. The first kappa shape index (κ1) is 19.4. The van der Waals surface area contributed by atoms with Crippen molar-refractivity contribution in [1.29, 1.82) is 0 Å². The number of ether oxygens (including phenoxy) is 1. The van der Waals surface area contributed by atoms with Crippen LogP contribution in [0, 0.1) is 0 Å². The normalized spacial score (nSPS) is 10.2. The number of carbonyl (C=O) groups is 2. The summed E-state index contributed by atoms with van der Waals surface area (Å²) in [5, 5.41) is 6.25. The maximum Gasteiger partial charge on any atom is 0.337 e. The molecular formula is C21H18ClN3O3. The third-order valence-electron chi connectivity index (χ3n) is 3.98. The van der Waals surface area contributed by atoms with Gasteiger partial charge < -0.3 is 15.4 Å². The van der Waals surface area contributed by atoms with Gasteiger partial charge in [0, 0.05) is 18.9 Å². The number of benzene rings is 2. The van der Waals surface area contributed by atoms with Crippen LogP contribution in [0.15, 0.2) is 67.0 Å². The Kier molecular flexibility index (Phi) is 6.24. The van der Waals surface area contributed by atoms with Crippen molar-refractivity contribution in [1.82, 2.24) is 4.98 Å². The fourth-order valence-corrected chi connectivity index (χ4v) is 2.69. The van der Waals surface area contributed by atoms with E-state index in [1.807, 2.05) is 30.3 Å². The van der Waals surface area contributed by atoms with E-state index in [0.717, 1.165) is 5.56 Å². The van der Waals surface area contributed by atoms with Crippen LogP contribution < -0.4 is 10.6 Å². The van der Waals surface area contributed by atoms with Crippen molar-refractivity contribution in [3.63, 3.8) is 0 Å². The first-order valence-electron chi connectivity index (χ1n) is 8.49. The van der Waals surface area contributed by atoms with Crippen LogP contribution in [0.5, 0.6) is 0 Å². The molecule has 2 aromatic carbocycles. The smallest absolute Gasteiger partial charge is 0.337 e. The molecule has 7 heteroatoms. The minimum absolute atomic E-state index is 0.290. The molecule has 1 amide bonds. The Morgan fingerprint density at radius 2 is 1.82 bits per heavy atom. The highest BCUT2D eigenvalue weighted by Crippen LogP contribution is 2.24. The van der Waals surface area contributed by atoms with E-state index in [4.69, 9.17) is 11.6 Å². The van der Waals surface area contributed by atoms with Crippen molar-refractivity contribution in [2.75, 3.05) is 17.7 Å². The lowest BCUT2D eigenvalue weighted by Crippen LogP contribution is -2.14. The van der Waals surface area contributed by atoms with Crippen molar-refractivity contribution in [3.8, 4) is 0 Å². The third kappa shape index (κ3) is 4.86. The van der Waals surface area contributed by atoms with E-state index in [1.165, 1.54) is 31.5 Å². The number of nitrogens with one attached hydrogen (secondary N) is 2. The topological polar surface area (TPSA) is 80.3 Å². The number of anilines is 2. The Morgan fingerprint density at radius 1 is 1.04 bits per heavy atom. The number of pyridine rings is 1. The van der Waals surface area contributed by atoms with Gasteiger partial charge in [0.25, 0.3) is 5.91 Å². The molecule has 142 valence electrons. The van der Waals surface area contributed by atoms with Gasteiger partial charge in [0.1, 0.15) is 0 Å². The van der Waals surface area contributed by atoms with E-state index in [2.05, 4.69) is 20.4 Å². The van der Waals surface area contributed by atoms with E-state index in [1.54, 1.807) is 12.3 Å². The Morgan fingerprint density at radius 3 is 2.57 bits per heavy atom. The zero-order valence-electron chi connectivity index (χ0n) is 15.1. The molecule has 0 aliphatic rings. The van der Waals surface area contributed by atoms with Crippen LogP contribution >= 0.6 is 11.6 Å². The Bertz CT molecular complexity index is 993. The second-order valence-electron chi connectivity index (χ2n) is 5.94. The molecule has 0 aliphatic heterocycles. The van der Waals surface area contributed by atoms with Gasteiger partial charge in [-0.25, -0.2) is 4.79 Å². The number of halogens is 1. The molecule has 0 radical (unpaired) electrons. The summed E-state index contributed by atoms with van der Waals surface area (Å²) < 4.78 is 4.69. The van der Waals surface area contributed by atoms with E-state index in [0.29, 0.717) is 34.1 Å². The summed E-state index contributed by atoms with van der Waals surface area (Å²) in [7, 11) is 1.29. The second kappa shape index (κ2) is 9.01. The second-order valence-corrected chi connectivity index (χ2v) is 6.35. The molecule has 28 heavy (non-hydrogen) atoms. The number of esters is 1. The number of nitrogens with zero attached hydrogens (tertiary/aromatic N) is 1. The summed E-state index contributed by atoms with van der Waals surface area (Å²) in [5.41, 5.74) is 2.79. The molecular weight excluding hydrogens is 378 g/mol. The van der Waals surface area contributed by atoms with Crippen LogP contribution in [0.2, 0.25) is 5.02 Å². The summed E-state index contributed by atoms with van der Waals surface area (Å²) in [6, 6.07) is 16.1. The molecule has 0 spiro atoms. The van der Waals surface area contributed by atoms with Gasteiger partial charge in [0.2, 0.25) is 0 Å². The lowest BCUT2D eigenvalue weighted by molar-refractivity contribution is 0.0600. The maximum atomic E-state index is 12.6. The van der Waals surface area contributed by atoms with Gasteiger partial charge in [-0.2, -0.15) is 0 Å². The molecule has 6 nitrogen and oxygen atoms in total. The highest BCUT2D eigenvalue weighted by Gasteiger charge is 2.13. The summed E-state index contributed by atoms with van der Waals surface area (Å²) >= 11 is 6.13. The monoisotopic (exact) mass is 395 g/mol. The molecule has 3 aromatic rings. The van der Waals surface area contributed by atoms with Crippen LogP contribution in [-0.4, -0.2) is 24.0 Å². The fraction of sp³-hybridized carbons (Fsp3) is 0.0952. The zero-order chi connectivity index (χ0) is 19.9. The molecule has 0 fully saturated rings. The number of amides is 1. The van der Waals surface area contributed by atoms with Crippen LogP contribution in [-0.2, 0) is 11.3 Å².